The molecule has 0 amide bonds. The quantitative estimate of drug-likeness (QED) is 0.907. The summed E-state index contributed by atoms with van der Waals surface area (Å²) in [5, 5.41) is 0. The van der Waals surface area contributed by atoms with Crippen molar-refractivity contribution < 1.29 is 9.47 Å². The third-order valence-electron chi connectivity index (χ3n) is 3.69. The third-order valence-corrected chi connectivity index (χ3v) is 3.69. The van der Waals surface area contributed by atoms with Gasteiger partial charge in [0.2, 0.25) is 0 Å². The number of rotatable bonds is 5. The lowest BCUT2D eigenvalue weighted by atomic mass is 10.1. The Morgan fingerprint density at radius 3 is 2.50 bits per heavy atom. The van der Waals surface area contributed by atoms with E-state index in [0.29, 0.717) is 18.6 Å². The van der Waals surface area contributed by atoms with Gasteiger partial charge < -0.3 is 15.2 Å². The van der Waals surface area contributed by atoms with Crippen molar-refractivity contribution in [3.63, 3.8) is 0 Å². The van der Waals surface area contributed by atoms with Crippen LogP contribution in [-0.4, -0.2) is 13.2 Å². The fourth-order valence-corrected chi connectivity index (χ4v) is 2.37. The molecule has 0 heterocycles. The Morgan fingerprint density at radius 2 is 1.85 bits per heavy atom. The maximum atomic E-state index is 5.89. The standard InChI is InChI=1S/C17H19NO2/c1-19-17-9-13(14-10-15(14)18)7-8-16(17)20-11-12-5-3-2-4-6-12/h2-9,14-15H,10-11,18H2,1H3. The molecule has 0 radical (unpaired) electrons. The van der Waals surface area contributed by atoms with Crippen molar-refractivity contribution in [2.45, 2.75) is 25.0 Å². The number of nitrogens with two attached hydrogens (primary N) is 1. The van der Waals surface area contributed by atoms with Crippen LogP contribution in [0.4, 0.5) is 0 Å². The summed E-state index contributed by atoms with van der Waals surface area (Å²) in [4.78, 5) is 0. The van der Waals surface area contributed by atoms with Crippen LogP contribution in [0.2, 0.25) is 0 Å². The predicted molar refractivity (Wildman–Crippen MR) is 79.1 cm³/mol. The summed E-state index contributed by atoms with van der Waals surface area (Å²) < 4.78 is 11.3. The molecular weight excluding hydrogens is 250 g/mol. The topological polar surface area (TPSA) is 44.5 Å². The molecule has 1 aliphatic rings. The van der Waals surface area contributed by atoms with Gasteiger partial charge in [-0.15, -0.1) is 0 Å². The van der Waals surface area contributed by atoms with Crippen molar-refractivity contribution in [2.75, 3.05) is 7.11 Å². The highest BCUT2D eigenvalue weighted by Crippen LogP contribution is 2.42. The molecule has 1 saturated carbocycles. The fraction of sp³-hybridized carbons (Fsp3) is 0.294. The van der Waals surface area contributed by atoms with Gasteiger partial charge in [0.15, 0.2) is 11.5 Å². The lowest BCUT2D eigenvalue weighted by Crippen LogP contribution is -2.02. The van der Waals surface area contributed by atoms with Crippen molar-refractivity contribution in [3.8, 4) is 11.5 Å². The number of hydrogen-bond acceptors (Lipinski definition) is 3. The van der Waals surface area contributed by atoms with Crippen LogP contribution in [0, 0.1) is 0 Å². The maximum absolute atomic E-state index is 5.89. The van der Waals surface area contributed by atoms with Gasteiger partial charge in [-0.2, -0.15) is 0 Å². The molecule has 2 aromatic carbocycles. The van der Waals surface area contributed by atoms with Gasteiger partial charge in [-0.3, -0.25) is 0 Å². The van der Waals surface area contributed by atoms with Crippen LogP contribution in [0.25, 0.3) is 0 Å². The molecule has 1 fully saturated rings. The van der Waals surface area contributed by atoms with Crippen LogP contribution in [0.15, 0.2) is 48.5 Å². The first kappa shape index (κ1) is 13.0. The van der Waals surface area contributed by atoms with Gasteiger partial charge in [-0.1, -0.05) is 36.4 Å². The van der Waals surface area contributed by atoms with Crippen LogP contribution in [0.5, 0.6) is 11.5 Å². The molecule has 3 heteroatoms. The summed E-state index contributed by atoms with van der Waals surface area (Å²) in [6, 6.07) is 16.5. The Balaban J connectivity index is 1.72. The van der Waals surface area contributed by atoms with E-state index in [0.717, 1.165) is 23.5 Å². The second kappa shape index (κ2) is 5.55. The van der Waals surface area contributed by atoms with Crippen molar-refractivity contribution in [1.82, 2.24) is 0 Å². The van der Waals surface area contributed by atoms with E-state index in [-0.39, 0.29) is 0 Å². The Morgan fingerprint density at radius 1 is 1.10 bits per heavy atom. The van der Waals surface area contributed by atoms with Crippen LogP contribution >= 0.6 is 0 Å². The number of benzene rings is 2. The van der Waals surface area contributed by atoms with Gasteiger partial charge in [0.05, 0.1) is 7.11 Å². The zero-order valence-electron chi connectivity index (χ0n) is 11.6. The molecule has 2 N–H and O–H groups in total. The second-order valence-corrected chi connectivity index (χ2v) is 5.19. The van der Waals surface area contributed by atoms with Crippen LogP contribution in [0.1, 0.15) is 23.5 Å². The van der Waals surface area contributed by atoms with E-state index in [4.69, 9.17) is 15.2 Å². The van der Waals surface area contributed by atoms with E-state index in [1.54, 1.807) is 7.11 Å². The zero-order valence-corrected chi connectivity index (χ0v) is 11.6. The van der Waals surface area contributed by atoms with E-state index < -0.39 is 0 Å². The van der Waals surface area contributed by atoms with Crippen molar-refractivity contribution in [3.05, 3.63) is 59.7 Å². The molecule has 104 valence electrons. The van der Waals surface area contributed by atoms with Gasteiger partial charge in [0.1, 0.15) is 6.61 Å². The summed E-state index contributed by atoms with van der Waals surface area (Å²) in [5.41, 5.74) is 8.27. The summed E-state index contributed by atoms with van der Waals surface area (Å²) in [6.07, 6.45) is 1.06. The lowest BCUT2D eigenvalue weighted by molar-refractivity contribution is 0.284. The average Bonchev–Trinajstić information content (AvgIpc) is 3.23. The van der Waals surface area contributed by atoms with Crippen LogP contribution in [-0.2, 0) is 6.61 Å². The van der Waals surface area contributed by atoms with Gasteiger partial charge >= 0.3 is 0 Å². The molecule has 0 bridgehead atoms. The Kier molecular flexibility index (Phi) is 3.61. The van der Waals surface area contributed by atoms with Gasteiger partial charge in [-0.05, 0) is 29.7 Å². The highest BCUT2D eigenvalue weighted by atomic mass is 16.5. The van der Waals surface area contributed by atoms with E-state index >= 15 is 0 Å². The fourth-order valence-electron chi connectivity index (χ4n) is 2.37. The molecule has 0 spiro atoms. The molecule has 0 saturated heterocycles. The van der Waals surface area contributed by atoms with Gasteiger partial charge in [0, 0.05) is 12.0 Å². The Labute approximate surface area is 119 Å². The smallest absolute Gasteiger partial charge is 0.161 e. The third kappa shape index (κ3) is 2.78. The summed E-state index contributed by atoms with van der Waals surface area (Å²) in [6.45, 7) is 0.541. The van der Waals surface area contributed by atoms with Gasteiger partial charge in [0.25, 0.3) is 0 Å². The molecule has 3 rings (SSSR count). The molecule has 1 aliphatic carbocycles. The average molecular weight is 269 g/mol. The first-order chi connectivity index (χ1) is 9.78. The minimum Gasteiger partial charge on any atom is -0.493 e. The van der Waals surface area contributed by atoms with E-state index in [9.17, 15) is 0 Å². The van der Waals surface area contributed by atoms with Crippen molar-refractivity contribution in [2.24, 2.45) is 5.73 Å². The highest BCUT2D eigenvalue weighted by molar-refractivity contribution is 5.45. The first-order valence-corrected chi connectivity index (χ1v) is 6.88. The second-order valence-electron chi connectivity index (χ2n) is 5.19. The molecule has 0 aromatic heterocycles. The first-order valence-electron chi connectivity index (χ1n) is 6.88. The molecule has 2 atom stereocenters. The normalized spacial score (nSPS) is 20.5. The largest absolute Gasteiger partial charge is 0.493 e. The molecule has 2 unspecified atom stereocenters. The SMILES string of the molecule is COc1cc(C2CC2N)ccc1OCc1ccccc1. The monoisotopic (exact) mass is 269 g/mol. The zero-order chi connectivity index (χ0) is 13.9. The minimum absolute atomic E-state index is 0.302. The minimum atomic E-state index is 0.302. The van der Waals surface area contributed by atoms with Crippen LogP contribution in [0.3, 0.4) is 0 Å². The lowest BCUT2D eigenvalue weighted by Gasteiger charge is -2.12. The Bertz CT molecular complexity index is 583. The Hall–Kier alpha value is -2.00. The molecule has 0 aliphatic heterocycles. The number of methoxy groups -OCH3 is 1. The van der Waals surface area contributed by atoms with E-state index in [1.165, 1.54) is 5.56 Å². The highest BCUT2D eigenvalue weighted by Gasteiger charge is 2.35. The van der Waals surface area contributed by atoms with E-state index in [2.05, 4.69) is 6.07 Å². The number of ether oxygens (including phenoxy) is 2. The molecular formula is C17H19NO2. The molecule has 3 nitrogen and oxygen atoms in total. The maximum Gasteiger partial charge on any atom is 0.161 e. The van der Waals surface area contributed by atoms with Gasteiger partial charge in [-0.25, -0.2) is 0 Å². The van der Waals surface area contributed by atoms with E-state index in [1.807, 2.05) is 42.5 Å². The number of hydrogen-bond donors (Lipinski definition) is 1. The predicted octanol–water partition coefficient (Wildman–Crippen LogP) is 3.09. The summed E-state index contributed by atoms with van der Waals surface area (Å²) in [5.74, 6) is 2.03. The molecule has 20 heavy (non-hydrogen) atoms. The van der Waals surface area contributed by atoms with Crippen LogP contribution < -0.4 is 15.2 Å². The van der Waals surface area contributed by atoms with Crippen molar-refractivity contribution >= 4 is 0 Å². The van der Waals surface area contributed by atoms with Crippen molar-refractivity contribution in [1.29, 1.82) is 0 Å². The summed E-state index contributed by atoms with van der Waals surface area (Å²) in [7, 11) is 1.67. The molecule has 2 aromatic rings. The summed E-state index contributed by atoms with van der Waals surface area (Å²) >= 11 is 0.